The molecular formula is C31H31ClFN5O4S2. The lowest BCUT2D eigenvalue weighted by Crippen LogP contribution is -2.15. The normalized spacial score (nSPS) is 11.6. The highest BCUT2D eigenvalue weighted by molar-refractivity contribution is 7.91. The zero-order valence-corrected chi connectivity index (χ0v) is 26.4. The van der Waals surface area contributed by atoms with Crippen LogP contribution in [0.4, 0.5) is 15.9 Å². The summed E-state index contributed by atoms with van der Waals surface area (Å²) < 4.78 is 48.4. The third-order valence-electron chi connectivity index (χ3n) is 6.55. The number of rotatable bonds is 15. The highest BCUT2D eigenvalue weighted by Gasteiger charge is 2.13. The van der Waals surface area contributed by atoms with Crippen LogP contribution in [0.2, 0.25) is 5.02 Å². The predicted octanol–water partition coefficient (Wildman–Crippen LogP) is 7.04. The number of halogens is 2. The number of anilines is 2. The monoisotopic (exact) mass is 655 g/mol. The Balaban J connectivity index is 1.20. The quantitative estimate of drug-likeness (QED) is 0.119. The Hall–Kier alpha value is -3.71. The van der Waals surface area contributed by atoms with Gasteiger partial charge in [-0.25, -0.2) is 27.8 Å². The molecule has 0 unspecified atom stereocenters. The third-order valence-corrected chi connectivity index (χ3v) is 9.57. The number of aryl methyl sites for hydroxylation is 1. The van der Waals surface area contributed by atoms with E-state index < -0.39 is 9.84 Å². The maximum absolute atomic E-state index is 13.5. The smallest absolute Gasteiger partial charge is 0.152 e. The molecule has 0 saturated carbocycles. The van der Waals surface area contributed by atoms with Crippen LogP contribution in [0.15, 0.2) is 66.4 Å². The Morgan fingerprint density at radius 2 is 1.91 bits per heavy atom. The second-order valence-electron chi connectivity index (χ2n) is 9.99. The number of aromatic nitrogens is 4. The minimum absolute atomic E-state index is 0.0568. The third kappa shape index (κ3) is 8.69. The van der Waals surface area contributed by atoms with Crippen LogP contribution >= 0.6 is 22.9 Å². The van der Waals surface area contributed by atoms with E-state index in [1.165, 1.54) is 18.5 Å². The summed E-state index contributed by atoms with van der Waals surface area (Å²) in [6.07, 6.45) is 5.23. The van der Waals surface area contributed by atoms with Crippen molar-refractivity contribution >= 4 is 55.2 Å². The lowest BCUT2D eigenvalue weighted by atomic mass is 10.2. The number of benzene rings is 2. The molecule has 0 fully saturated rings. The molecule has 5 aromatic rings. The molecule has 0 bridgehead atoms. The number of hydrogen-bond acceptors (Lipinski definition) is 10. The van der Waals surface area contributed by atoms with E-state index >= 15 is 0 Å². The van der Waals surface area contributed by atoms with E-state index in [9.17, 15) is 12.8 Å². The van der Waals surface area contributed by atoms with Gasteiger partial charge in [-0.05, 0) is 54.8 Å². The first kappa shape index (κ1) is 31.7. The van der Waals surface area contributed by atoms with E-state index in [4.69, 9.17) is 26.1 Å². The molecule has 9 nitrogen and oxygen atoms in total. The van der Waals surface area contributed by atoms with Gasteiger partial charge in [-0.15, -0.1) is 11.3 Å². The zero-order chi connectivity index (χ0) is 30.9. The molecule has 1 N–H and O–H groups in total. The van der Waals surface area contributed by atoms with E-state index in [0.29, 0.717) is 52.1 Å². The number of nitrogens with zero attached hydrogens (tertiary/aromatic N) is 4. The van der Waals surface area contributed by atoms with Gasteiger partial charge in [0.2, 0.25) is 0 Å². The largest absolute Gasteiger partial charge is 0.487 e. The van der Waals surface area contributed by atoms with Crippen molar-refractivity contribution < 1.29 is 22.3 Å². The molecule has 0 spiro atoms. The first-order valence-corrected chi connectivity index (χ1v) is 17.1. The van der Waals surface area contributed by atoms with Crippen LogP contribution in [0.25, 0.3) is 22.3 Å². The van der Waals surface area contributed by atoms with Gasteiger partial charge >= 0.3 is 0 Å². The Labute approximate surface area is 264 Å². The number of nitrogens with one attached hydrogen (secondary N) is 1. The molecule has 0 aliphatic heterocycles. The molecule has 230 valence electrons. The summed E-state index contributed by atoms with van der Waals surface area (Å²) in [6, 6.07) is 13.4. The molecule has 0 aliphatic rings. The Morgan fingerprint density at radius 1 is 1.02 bits per heavy atom. The summed E-state index contributed by atoms with van der Waals surface area (Å²) in [5.74, 6) is 0.991. The fourth-order valence-electron chi connectivity index (χ4n) is 4.39. The van der Waals surface area contributed by atoms with Gasteiger partial charge in [-0.1, -0.05) is 30.7 Å². The summed E-state index contributed by atoms with van der Waals surface area (Å²) in [5.41, 5.74) is 3.51. The first-order chi connectivity index (χ1) is 21.3. The Bertz CT molecular complexity index is 1840. The van der Waals surface area contributed by atoms with Crippen molar-refractivity contribution in [1.29, 1.82) is 0 Å². The van der Waals surface area contributed by atoms with Crippen LogP contribution in [0.5, 0.6) is 5.75 Å². The number of sulfone groups is 1. The number of fused-ring (bicyclic) bond motifs is 1. The van der Waals surface area contributed by atoms with Gasteiger partial charge in [0, 0.05) is 35.2 Å². The van der Waals surface area contributed by atoms with Crippen molar-refractivity contribution in [2.45, 2.75) is 32.8 Å². The van der Waals surface area contributed by atoms with Gasteiger partial charge < -0.3 is 14.8 Å². The van der Waals surface area contributed by atoms with E-state index in [1.54, 1.807) is 41.8 Å². The molecule has 0 saturated heterocycles. The zero-order valence-electron chi connectivity index (χ0n) is 24.0. The van der Waals surface area contributed by atoms with Crippen molar-refractivity contribution in [1.82, 2.24) is 19.9 Å². The second kappa shape index (κ2) is 14.8. The van der Waals surface area contributed by atoms with Gasteiger partial charge in [0.1, 0.15) is 30.3 Å². The fraction of sp³-hybridized carbons (Fsp3) is 0.290. The van der Waals surface area contributed by atoms with Gasteiger partial charge in [0.15, 0.2) is 9.84 Å². The summed E-state index contributed by atoms with van der Waals surface area (Å²) in [7, 11) is -3.03. The summed E-state index contributed by atoms with van der Waals surface area (Å²) in [4.78, 5) is 18.1. The maximum Gasteiger partial charge on any atom is 0.152 e. The lowest BCUT2D eigenvalue weighted by Gasteiger charge is -2.12. The van der Waals surface area contributed by atoms with Crippen LogP contribution in [0, 0.1) is 5.82 Å². The summed E-state index contributed by atoms with van der Waals surface area (Å²) in [5, 5.41) is 7.37. The number of hydrogen-bond donors (Lipinski definition) is 1. The molecule has 0 amide bonds. The molecule has 3 heterocycles. The van der Waals surface area contributed by atoms with Crippen molar-refractivity contribution in [3.8, 4) is 17.1 Å². The fourth-order valence-corrected chi connectivity index (χ4v) is 6.66. The van der Waals surface area contributed by atoms with Crippen LogP contribution < -0.4 is 10.1 Å². The number of thiazole rings is 1. The Kier molecular flexibility index (Phi) is 10.7. The molecule has 0 radical (unpaired) electrons. The van der Waals surface area contributed by atoms with Gasteiger partial charge in [0.25, 0.3) is 0 Å². The van der Waals surface area contributed by atoms with E-state index in [1.807, 2.05) is 24.4 Å². The topological polar surface area (TPSA) is 116 Å². The SMILES string of the molecule is CCCS(=O)(=O)CCOCCCc1nc(-c2cc3c(Nc4ccc(OCc5cccc(F)c5)c(Cl)c4)ncnc3cn2)cs1. The molecule has 13 heteroatoms. The minimum Gasteiger partial charge on any atom is -0.487 e. The molecule has 5 rings (SSSR count). The summed E-state index contributed by atoms with van der Waals surface area (Å²) in [6.45, 7) is 2.73. The highest BCUT2D eigenvalue weighted by atomic mass is 35.5. The van der Waals surface area contributed by atoms with Crippen LogP contribution in [-0.4, -0.2) is 53.1 Å². The lowest BCUT2D eigenvalue weighted by molar-refractivity contribution is 0.146. The average molecular weight is 656 g/mol. The van der Waals surface area contributed by atoms with Gasteiger partial charge in [-0.2, -0.15) is 0 Å². The molecular weight excluding hydrogens is 625 g/mol. The van der Waals surface area contributed by atoms with Crippen LogP contribution in [0.3, 0.4) is 0 Å². The van der Waals surface area contributed by atoms with Crippen molar-refractivity contribution in [2.75, 3.05) is 30.0 Å². The molecule has 2 aromatic carbocycles. The van der Waals surface area contributed by atoms with E-state index in [2.05, 4.69) is 20.3 Å². The summed E-state index contributed by atoms with van der Waals surface area (Å²) >= 11 is 8.03. The molecule has 3 aromatic heterocycles. The Morgan fingerprint density at radius 3 is 2.73 bits per heavy atom. The number of pyridine rings is 1. The van der Waals surface area contributed by atoms with Gasteiger partial charge in [-0.3, -0.25) is 4.98 Å². The standard InChI is InChI=1S/C31H31ClFN5O4S2/c1-2-12-44(39,40)13-11-41-10-4-7-30-38-28(19-43-30)26-16-24-27(17-34-26)35-20-36-31(24)37-23-8-9-29(25(32)15-23)42-18-21-5-3-6-22(33)14-21/h3,5-6,8-9,14-17,19-20H,2,4,7,10-13,18H2,1H3,(H,35,36,37). The van der Waals surface area contributed by atoms with Gasteiger partial charge in [0.05, 0.1) is 45.5 Å². The first-order valence-electron chi connectivity index (χ1n) is 14.1. The van der Waals surface area contributed by atoms with Crippen LogP contribution in [-0.2, 0) is 27.6 Å². The van der Waals surface area contributed by atoms with Crippen LogP contribution in [0.1, 0.15) is 30.3 Å². The number of ether oxygens (including phenoxy) is 2. The molecule has 0 atom stereocenters. The van der Waals surface area contributed by atoms with E-state index in [-0.39, 0.29) is 30.5 Å². The molecule has 44 heavy (non-hydrogen) atoms. The highest BCUT2D eigenvalue weighted by Crippen LogP contribution is 2.32. The van der Waals surface area contributed by atoms with Crippen molar-refractivity contribution in [2.24, 2.45) is 0 Å². The predicted molar refractivity (Wildman–Crippen MR) is 172 cm³/mol. The maximum atomic E-state index is 13.5. The van der Waals surface area contributed by atoms with E-state index in [0.717, 1.165) is 28.9 Å². The second-order valence-corrected chi connectivity index (χ2v) is 13.6. The van der Waals surface area contributed by atoms with Crippen molar-refractivity contribution in [3.63, 3.8) is 0 Å². The average Bonchev–Trinajstić information content (AvgIpc) is 3.47. The molecule has 0 aliphatic carbocycles. The minimum atomic E-state index is -3.03. The van der Waals surface area contributed by atoms with Crippen molar-refractivity contribution in [3.05, 3.63) is 87.8 Å².